The topological polar surface area (TPSA) is 112 Å². The zero-order valence-corrected chi connectivity index (χ0v) is 14.9. The van der Waals surface area contributed by atoms with E-state index in [2.05, 4.69) is 55.6 Å². The first kappa shape index (κ1) is 25.1. The van der Waals surface area contributed by atoms with Crippen molar-refractivity contribution in [3.05, 3.63) is 78.9 Å². The number of fused-ring (bicyclic) bond motifs is 1. The highest BCUT2D eigenvalue weighted by molar-refractivity contribution is 5.89. The van der Waals surface area contributed by atoms with Crippen LogP contribution in [0, 0.1) is 0 Å². The fraction of sp³-hybridized carbons (Fsp3) is 0.0500. The van der Waals surface area contributed by atoms with Crippen molar-refractivity contribution in [1.29, 1.82) is 0 Å². The summed E-state index contributed by atoms with van der Waals surface area (Å²) in [4.78, 5) is 28.6. The summed E-state index contributed by atoms with van der Waals surface area (Å²) in [5.74, 6) is -4.55. The second-order valence-corrected chi connectivity index (χ2v) is 5.10. The molecule has 0 aliphatic heterocycles. The molecule has 0 fully saturated rings. The molecule has 29 heavy (non-hydrogen) atoms. The Morgan fingerprint density at radius 1 is 0.862 bits per heavy atom. The SMILES string of the molecule is C=C(C(=O)O)C(F)(F)F.C=Cc1ccc2ccccc2c1.O=C(O)/C=C\C(=O)O. The molecule has 0 saturated carbocycles. The number of carboxylic acids is 3. The Morgan fingerprint density at radius 2 is 1.34 bits per heavy atom. The molecule has 2 aromatic rings. The Bertz CT molecular complexity index is 913. The number of benzene rings is 2. The quantitative estimate of drug-likeness (QED) is 0.645. The van der Waals surface area contributed by atoms with Crippen LogP contribution in [0.3, 0.4) is 0 Å². The number of halogens is 3. The van der Waals surface area contributed by atoms with Gasteiger partial charge in [-0.1, -0.05) is 55.6 Å². The van der Waals surface area contributed by atoms with Crippen molar-refractivity contribution >= 4 is 34.8 Å². The van der Waals surface area contributed by atoms with Gasteiger partial charge in [-0.05, 0) is 22.4 Å². The van der Waals surface area contributed by atoms with Crippen molar-refractivity contribution in [2.75, 3.05) is 0 Å². The molecular weight excluding hydrogens is 393 g/mol. The number of alkyl halides is 3. The largest absolute Gasteiger partial charge is 0.478 e. The smallest absolute Gasteiger partial charge is 0.422 e. The van der Waals surface area contributed by atoms with Crippen LogP contribution in [0.25, 0.3) is 16.8 Å². The van der Waals surface area contributed by atoms with E-state index in [4.69, 9.17) is 15.3 Å². The standard InChI is InChI=1S/C12H10.C4H3F3O2.C4H4O4/c1-2-10-7-8-11-5-3-4-6-12(11)9-10;1-2(3(8)9)4(5,6)7;5-3(6)1-2-4(7)8/h2-9H,1H2;1H2,(H,8,9);1-2H,(H,5,6)(H,7,8)/b;;2-1-. The summed E-state index contributed by atoms with van der Waals surface area (Å²) in [6.07, 6.45) is -1.83. The number of carbonyl (C=O) groups is 3. The zero-order chi connectivity index (χ0) is 22.6. The molecule has 0 bridgehead atoms. The van der Waals surface area contributed by atoms with Crippen LogP contribution in [0.1, 0.15) is 5.56 Å². The molecule has 0 atom stereocenters. The first-order valence-electron chi connectivity index (χ1n) is 7.63. The van der Waals surface area contributed by atoms with E-state index in [-0.39, 0.29) is 0 Å². The number of carboxylic acid groups (broad SMARTS) is 3. The van der Waals surface area contributed by atoms with Crippen LogP contribution in [0.2, 0.25) is 0 Å². The predicted octanol–water partition coefficient (Wildman–Crippen LogP) is 4.38. The fourth-order valence-corrected chi connectivity index (χ4v) is 1.60. The molecule has 6 nitrogen and oxygen atoms in total. The molecule has 0 saturated heterocycles. The van der Waals surface area contributed by atoms with Gasteiger partial charge in [0.1, 0.15) is 5.57 Å². The van der Waals surface area contributed by atoms with Gasteiger partial charge in [0.15, 0.2) is 0 Å². The summed E-state index contributed by atoms with van der Waals surface area (Å²) in [7, 11) is 0. The Labute approximate surface area is 163 Å². The van der Waals surface area contributed by atoms with Gasteiger partial charge in [-0.25, -0.2) is 14.4 Å². The average molecular weight is 410 g/mol. The van der Waals surface area contributed by atoms with Crippen molar-refractivity contribution in [2.45, 2.75) is 6.18 Å². The van der Waals surface area contributed by atoms with E-state index in [1.165, 1.54) is 16.3 Å². The third-order valence-corrected chi connectivity index (χ3v) is 2.98. The lowest BCUT2D eigenvalue weighted by Crippen LogP contribution is -2.18. The van der Waals surface area contributed by atoms with Crippen LogP contribution >= 0.6 is 0 Å². The molecule has 2 aromatic carbocycles. The van der Waals surface area contributed by atoms with Crippen molar-refractivity contribution < 1.29 is 42.9 Å². The van der Waals surface area contributed by atoms with E-state index >= 15 is 0 Å². The van der Waals surface area contributed by atoms with Crippen LogP contribution in [0.15, 0.2) is 73.3 Å². The molecule has 0 radical (unpaired) electrons. The number of hydrogen-bond acceptors (Lipinski definition) is 3. The van der Waals surface area contributed by atoms with Gasteiger partial charge in [0.25, 0.3) is 0 Å². The number of rotatable bonds is 4. The van der Waals surface area contributed by atoms with E-state index in [9.17, 15) is 27.6 Å². The summed E-state index contributed by atoms with van der Waals surface area (Å²) in [6.45, 7) is 6.04. The first-order chi connectivity index (χ1) is 13.4. The van der Waals surface area contributed by atoms with Crippen LogP contribution in [-0.4, -0.2) is 39.4 Å². The van der Waals surface area contributed by atoms with Crippen molar-refractivity contribution in [3.8, 4) is 0 Å². The van der Waals surface area contributed by atoms with Gasteiger partial charge in [-0.2, -0.15) is 13.2 Å². The number of hydrogen-bond donors (Lipinski definition) is 3. The van der Waals surface area contributed by atoms with Crippen LogP contribution in [0.5, 0.6) is 0 Å². The number of aliphatic carboxylic acids is 3. The predicted molar refractivity (Wildman–Crippen MR) is 101 cm³/mol. The molecule has 0 heterocycles. The molecule has 3 N–H and O–H groups in total. The third-order valence-electron chi connectivity index (χ3n) is 2.98. The maximum absolute atomic E-state index is 11.2. The molecule has 0 aliphatic rings. The monoisotopic (exact) mass is 410 g/mol. The molecule has 9 heteroatoms. The second-order valence-electron chi connectivity index (χ2n) is 5.10. The third kappa shape index (κ3) is 10.8. The van der Waals surface area contributed by atoms with E-state index in [1.807, 2.05) is 6.08 Å². The van der Waals surface area contributed by atoms with Crippen LogP contribution < -0.4 is 0 Å². The summed E-state index contributed by atoms with van der Waals surface area (Å²) in [5.41, 5.74) is -0.573. The van der Waals surface area contributed by atoms with E-state index in [0.717, 1.165) is 0 Å². The molecule has 0 aliphatic carbocycles. The van der Waals surface area contributed by atoms with E-state index in [0.29, 0.717) is 12.2 Å². The Morgan fingerprint density at radius 3 is 1.69 bits per heavy atom. The van der Waals surface area contributed by atoms with Crippen LogP contribution in [0.4, 0.5) is 13.2 Å². The lowest BCUT2D eigenvalue weighted by Gasteiger charge is -2.02. The molecule has 2 rings (SSSR count). The summed E-state index contributed by atoms with van der Waals surface area (Å²) in [5, 5.41) is 25.9. The maximum atomic E-state index is 11.2. The lowest BCUT2D eigenvalue weighted by atomic mass is 10.1. The van der Waals surface area contributed by atoms with Gasteiger partial charge in [0.05, 0.1) is 0 Å². The molecule has 0 amide bonds. The van der Waals surface area contributed by atoms with Crippen LogP contribution in [-0.2, 0) is 14.4 Å². The highest BCUT2D eigenvalue weighted by Crippen LogP contribution is 2.23. The maximum Gasteiger partial charge on any atom is 0.422 e. The van der Waals surface area contributed by atoms with Gasteiger partial charge in [-0.15, -0.1) is 0 Å². The minimum Gasteiger partial charge on any atom is -0.478 e. The Kier molecular flexibility index (Phi) is 10.2. The van der Waals surface area contributed by atoms with Gasteiger partial charge in [0.2, 0.25) is 0 Å². The Balaban J connectivity index is 0.000000419. The summed E-state index contributed by atoms with van der Waals surface area (Å²) >= 11 is 0. The summed E-state index contributed by atoms with van der Waals surface area (Å²) < 4.78 is 33.7. The zero-order valence-electron chi connectivity index (χ0n) is 14.9. The molecule has 154 valence electrons. The highest BCUT2D eigenvalue weighted by atomic mass is 19.4. The molecule has 0 unspecified atom stereocenters. The molecule has 0 spiro atoms. The second kappa shape index (κ2) is 11.8. The average Bonchev–Trinajstić information content (AvgIpc) is 2.65. The van der Waals surface area contributed by atoms with Gasteiger partial charge in [-0.3, -0.25) is 0 Å². The van der Waals surface area contributed by atoms with E-state index in [1.54, 1.807) is 0 Å². The van der Waals surface area contributed by atoms with Gasteiger partial charge in [0, 0.05) is 12.2 Å². The van der Waals surface area contributed by atoms with E-state index < -0.39 is 29.7 Å². The van der Waals surface area contributed by atoms with Crippen molar-refractivity contribution in [2.24, 2.45) is 0 Å². The molecule has 0 aromatic heterocycles. The fourth-order valence-electron chi connectivity index (χ4n) is 1.60. The normalized spacial score (nSPS) is 10.2. The minimum atomic E-state index is -4.81. The lowest BCUT2D eigenvalue weighted by molar-refractivity contribution is -0.144. The van der Waals surface area contributed by atoms with Gasteiger partial charge >= 0.3 is 24.1 Å². The van der Waals surface area contributed by atoms with Gasteiger partial charge < -0.3 is 15.3 Å². The highest BCUT2D eigenvalue weighted by Gasteiger charge is 2.36. The minimum absolute atomic E-state index is 0.558. The Hall–Kier alpha value is -3.88. The first-order valence-corrected chi connectivity index (χ1v) is 7.63. The molecular formula is C20H17F3O6. The van der Waals surface area contributed by atoms with Crippen molar-refractivity contribution in [3.63, 3.8) is 0 Å². The van der Waals surface area contributed by atoms with Crippen molar-refractivity contribution in [1.82, 2.24) is 0 Å². The summed E-state index contributed by atoms with van der Waals surface area (Å²) in [6, 6.07) is 14.7.